The van der Waals surface area contributed by atoms with Crippen LogP contribution in [-0.2, 0) is 22.4 Å². The van der Waals surface area contributed by atoms with E-state index >= 15 is 0 Å². The maximum atomic E-state index is 13.2. The molecule has 1 aliphatic rings. The molecule has 0 aliphatic carbocycles. The van der Waals surface area contributed by atoms with Crippen LogP contribution in [0.25, 0.3) is 0 Å². The Bertz CT molecular complexity index is 929. The van der Waals surface area contributed by atoms with Gasteiger partial charge in [-0.2, -0.15) is 0 Å². The van der Waals surface area contributed by atoms with E-state index in [1.165, 1.54) is 22.6 Å². The molecule has 160 valence electrons. The first kappa shape index (κ1) is 22.3. The second kappa shape index (κ2) is 9.65. The van der Waals surface area contributed by atoms with Crippen LogP contribution in [0.15, 0.2) is 52.4 Å². The summed E-state index contributed by atoms with van der Waals surface area (Å²) < 4.78 is 19.2. The normalized spacial score (nSPS) is 20.7. The second-order valence-corrected chi connectivity index (χ2v) is 8.99. The molecule has 0 radical (unpaired) electrons. The molecule has 0 fully saturated rings. The Hall–Kier alpha value is -2.34. The van der Waals surface area contributed by atoms with Crippen LogP contribution in [0.3, 0.4) is 0 Å². The number of aliphatic carboxylic acids is 1. The minimum absolute atomic E-state index is 0.0530. The standard InChI is InChI=1S/C24H28FNO3S/c1-4-17-15-21(11-7-18(17)8-12-22(27)28)30-14-13-24(3)16(2)29-23(26-24)19-5-9-20(25)10-6-19/h5-7,9-11,15-16H,4,8,12-14H2,1-3H3,(H,27,28). The third kappa shape index (κ3) is 5.42. The molecule has 0 spiro atoms. The van der Waals surface area contributed by atoms with Crippen molar-refractivity contribution in [1.82, 2.24) is 0 Å². The van der Waals surface area contributed by atoms with Crippen LogP contribution in [0.2, 0.25) is 0 Å². The first-order valence-electron chi connectivity index (χ1n) is 10.3. The Morgan fingerprint density at radius 3 is 2.63 bits per heavy atom. The van der Waals surface area contributed by atoms with Crippen molar-refractivity contribution in [3.8, 4) is 0 Å². The summed E-state index contributed by atoms with van der Waals surface area (Å²) in [6, 6.07) is 12.5. The number of thioether (sulfide) groups is 1. The highest BCUT2D eigenvalue weighted by atomic mass is 32.2. The van der Waals surface area contributed by atoms with Gasteiger partial charge < -0.3 is 9.84 Å². The van der Waals surface area contributed by atoms with Gasteiger partial charge >= 0.3 is 5.97 Å². The SMILES string of the molecule is CCc1cc(SCCC2(C)N=C(c3ccc(F)cc3)OC2C)ccc1CCC(=O)O. The van der Waals surface area contributed by atoms with Crippen molar-refractivity contribution in [3.63, 3.8) is 0 Å². The molecule has 0 amide bonds. The van der Waals surface area contributed by atoms with Gasteiger partial charge in [-0.05, 0) is 80.6 Å². The van der Waals surface area contributed by atoms with Gasteiger partial charge in [0.2, 0.25) is 5.90 Å². The van der Waals surface area contributed by atoms with E-state index in [-0.39, 0.29) is 23.9 Å². The number of hydrogen-bond acceptors (Lipinski definition) is 4. The molecule has 1 N–H and O–H groups in total. The van der Waals surface area contributed by atoms with E-state index in [4.69, 9.17) is 14.8 Å². The molecule has 2 aromatic rings. The molecular weight excluding hydrogens is 401 g/mol. The monoisotopic (exact) mass is 429 g/mol. The number of rotatable bonds is 9. The summed E-state index contributed by atoms with van der Waals surface area (Å²) in [5.74, 6) is 0.426. The average molecular weight is 430 g/mol. The lowest BCUT2D eigenvalue weighted by molar-refractivity contribution is -0.136. The minimum atomic E-state index is -0.766. The van der Waals surface area contributed by atoms with E-state index in [1.54, 1.807) is 23.9 Å². The summed E-state index contributed by atoms with van der Waals surface area (Å²) in [4.78, 5) is 16.9. The maximum Gasteiger partial charge on any atom is 0.303 e. The highest BCUT2D eigenvalue weighted by Crippen LogP contribution is 2.34. The van der Waals surface area contributed by atoms with Crippen LogP contribution in [0.4, 0.5) is 4.39 Å². The summed E-state index contributed by atoms with van der Waals surface area (Å²) >= 11 is 1.78. The number of carboxylic acid groups (broad SMARTS) is 1. The molecule has 2 aromatic carbocycles. The number of carbonyl (C=O) groups is 1. The zero-order valence-corrected chi connectivity index (χ0v) is 18.5. The van der Waals surface area contributed by atoms with Gasteiger partial charge in [0.15, 0.2) is 0 Å². The van der Waals surface area contributed by atoms with Gasteiger partial charge in [0, 0.05) is 22.6 Å². The van der Waals surface area contributed by atoms with Gasteiger partial charge in [0.1, 0.15) is 11.9 Å². The number of aryl methyl sites for hydroxylation is 2. The fourth-order valence-corrected chi connectivity index (χ4v) is 4.65. The summed E-state index contributed by atoms with van der Waals surface area (Å²) in [5, 5.41) is 8.92. The Balaban J connectivity index is 1.62. The lowest BCUT2D eigenvalue weighted by Gasteiger charge is -2.24. The van der Waals surface area contributed by atoms with Crippen LogP contribution in [0, 0.1) is 5.82 Å². The summed E-state index contributed by atoms with van der Waals surface area (Å²) in [6.45, 7) is 6.22. The zero-order valence-electron chi connectivity index (χ0n) is 17.7. The lowest BCUT2D eigenvalue weighted by Crippen LogP contribution is -2.33. The van der Waals surface area contributed by atoms with Gasteiger partial charge in [-0.3, -0.25) is 4.79 Å². The Morgan fingerprint density at radius 2 is 1.97 bits per heavy atom. The highest BCUT2D eigenvalue weighted by Gasteiger charge is 2.39. The first-order chi connectivity index (χ1) is 14.3. The number of nitrogens with zero attached hydrogens (tertiary/aromatic N) is 1. The van der Waals surface area contributed by atoms with Gasteiger partial charge in [0.25, 0.3) is 0 Å². The van der Waals surface area contributed by atoms with Crippen LogP contribution < -0.4 is 0 Å². The van der Waals surface area contributed by atoms with Crippen molar-refractivity contribution in [1.29, 1.82) is 0 Å². The number of benzene rings is 2. The highest BCUT2D eigenvalue weighted by molar-refractivity contribution is 7.99. The molecule has 0 saturated carbocycles. The number of hydrogen-bond donors (Lipinski definition) is 1. The third-order valence-corrected chi connectivity index (χ3v) is 6.65. The smallest absolute Gasteiger partial charge is 0.303 e. The second-order valence-electron chi connectivity index (χ2n) is 7.82. The number of ether oxygens (including phenoxy) is 1. The fraction of sp³-hybridized carbons (Fsp3) is 0.417. The summed E-state index contributed by atoms with van der Waals surface area (Å²) in [7, 11) is 0. The van der Waals surface area contributed by atoms with E-state index in [9.17, 15) is 9.18 Å². The minimum Gasteiger partial charge on any atom is -0.481 e. The molecule has 4 nitrogen and oxygen atoms in total. The van der Waals surface area contributed by atoms with E-state index < -0.39 is 5.97 Å². The van der Waals surface area contributed by atoms with E-state index in [0.29, 0.717) is 12.3 Å². The van der Waals surface area contributed by atoms with E-state index in [1.807, 2.05) is 6.92 Å². The zero-order chi connectivity index (χ0) is 21.7. The third-order valence-electron chi connectivity index (χ3n) is 5.66. The number of carboxylic acids is 1. The van der Waals surface area contributed by atoms with Crippen molar-refractivity contribution in [3.05, 3.63) is 65.0 Å². The molecule has 2 unspecified atom stereocenters. The van der Waals surface area contributed by atoms with Crippen LogP contribution >= 0.6 is 11.8 Å². The van der Waals surface area contributed by atoms with E-state index in [0.717, 1.165) is 29.7 Å². The van der Waals surface area contributed by atoms with Crippen LogP contribution in [0.1, 0.15) is 50.3 Å². The maximum absolute atomic E-state index is 13.2. The molecular formula is C24H28FNO3S. The topological polar surface area (TPSA) is 58.9 Å². The van der Waals surface area contributed by atoms with Crippen molar-refractivity contribution in [2.24, 2.45) is 4.99 Å². The first-order valence-corrected chi connectivity index (χ1v) is 11.3. The quantitative estimate of drug-likeness (QED) is 0.534. The molecule has 2 atom stereocenters. The number of halogens is 1. The molecule has 0 aromatic heterocycles. The van der Waals surface area contributed by atoms with Crippen molar-refractivity contribution in [2.75, 3.05) is 5.75 Å². The molecule has 1 heterocycles. The molecule has 3 rings (SSSR count). The molecule has 1 aliphatic heterocycles. The van der Waals surface area contributed by atoms with E-state index in [2.05, 4.69) is 32.0 Å². The Labute approximate surface area is 181 Å². The van der Waals surface area contributed by atoms with Crippen molar-refractivity contribution >= 4 is 23.6 Å². The molecule has 6 heteroatoms. The summed E-state index contributed by atoms with van der Waals surface area (Å²) in [6.07, 6.45) is 2.41. The van der Waals surface area contributed by atoms with Gasteiger partial charge in [-0.1, -0.05) is 13.0 Å². The molecule has 30 heavy (non-hydrogen) atoms. The van der Waals surface area contributed by atoms with Gasteiger partial charge in [0.05, 0.1) is 5.54 Å². The lowest BCUT2D eigenvalue weighted by atomic mass is 9.94. The van der Waals surface area contributed by atoms with Crippen LogP contribution in [-0.4, -0.2) is 34.4 Å². The predicted octanol–water partition coefficient (Wildman–Crippen LogP) is 5.51. The predicted molar refractivity (Wildman–Crippen MR) is 119 cm³/mol. The van der Waals surface area contributed by atoms with Crippen molar-refractivity contribution < 1.29 is 19.0 Å². The van der Waals surface area contributed by atoms with Crippen molar-refractivity contribution in [2.45, 2.75) is 63.0 Å². The van der Waals surface area contributed by atoms with Gasteiger partial charge in [-0.25, -0.2) is 9.38 Å². The van der Waals surface area contributed by atoms with Gasteiger partial charge in [-0.15, -0.1) is 11.8 Å². The Kier molecular flexibility index (Phi) is 7.19. The average Bonchev–Trinajstić information content (AvgIpc) is 3.01. The summed E-state index contributed by atoms with van der Waals surface area (Å²) in [5.41, 5.74) is 2.79. The molecule has 0 bridgehead atoms. The number of aliphatic imine (C=N–C) groups is 1. The largest absolute Gasteiger partial charge is 0.481 e. The fourth-order valence-electron chi connectivity index (χ4n) is 3.51. The molecule has 0 saturated heterocycles. The Morgan fingerprint density at radius 1 is 1.23 bits per heavy atom. The van der Waals surface area contributed by atoms with Crippen LogP contribution in [0.5, 0.6) is 0 Å².